The van der Waals surface area contributed by atoms with Gasteiger partial charge in [0, 0.05) is 25.2 Å². The quantitative estimate of drug-likeness (QED) is 0.734. The zero-order chi connectivity index (χ0) is 19.5. The SMILES string of the molecule is O=C1CCN(c2ccc(-n3ccc(OCc4ccccc4)cc3=O)c(=O)[nH]2)C1. The minimum Gasteiger partial charge on any atom is -0.489 e. The molecule has 1 aromatic carbocycles. The molecule has 0 bridgehead atoms. The van der Waals surface area contributed by atoms with Crippen LogP contribution < -0.4 is 20.8 Å². The van der Waals surface area contributed by atoms with Gasteiger partial charge in [-0.2, -0.15) is 0 Å². The van der Waals surface area contributed by atoms with Crippen molar-refractivity contribution in [2.75, 3.05) is 18.0 Å². The van der Waals surface area contributed by atoms with Crippen molar-refractivity contribution in [3.8, 4) is 11.4 Å². The van der Waals surface area contributed by atoms with Crippen molar-refractivity contribution in [1.82, 2.24) is 9.55 Å². The molecule has 0 atom stereocenters. The highest BCUT2D eigenvalue weighted by molar-refractivity contribution is 5.86. The predicted octanol–water partition coefficient (Wildman–Crippen LogP) is 1.88. The summed E-state index contributed by atoms with van der Waals surface area (Å²) in [7, 11) is 0. The highest BCUT2D eigenvalue weighted by Crippen LogP contribution is 2.16. The van der Waals surface area contributed by atoms with Crippen LogP contribution in [0.1, 0.15) is 12.0 Å². The topological polar surface area (TPSA) is 84.4 Å². The number of carbonyl (C=O) groups is 1. The van der Waals surface area contributed by atoms with Crippen LogP contribution in [0.25, 0.3) is 5.69 Å². The molecule has 0 unspecified atom stereocenters. The second-order valence-electron chi connectivity index (χ2n) is 6.61. The molecule has 1 saturated heterocycles. The van der Waals surface area contributed by atoms with E-state index >= 15 is 0 Å². The van der Waals surface area contributed by atoms with Gasteiger partial charge in [-0.15, -0.1) is 0 Å². The first-order valence-corrected chi connectivity index (χ1v) is 9.00. The molecule has 28 heavy (non-hydrogen) atoms. The van der Waals surface area contributed by atoms with Crippen molar-refractivity contribution in [2.24, 2.45) is 0 Å². The Morgan fingerprint density at radius 1 is 1.00 bits per heavy atom. The highest BCUT2D eigenvalue weighted by Gasteiger charge is 2.20. The number of hydrogen-bond acceptors (Lipinski definition) is 5. The Hall–Kier alpha value is -3.61. The second-order valence-corrected chi connectivity index (χ2v) is 6.61. The lowest BCUT2D eigenvalue weighted by atomic mass is 10.2. The third-order valence-electron chi connectivity index (χ3n) is 4.64. The summed E-state index contributed by atoms with van der Waals surface area (Å²) in [5.41, 5.74) is 0.463. The van der Waals surface area contributed by atoms with Crippen molar-refractivity contribution in [3.05, 3.63) is 87.1 Å². The van der Waals surface area contributed by atoms with Crippen molar-refractivity contribution in [2.45, 2.75) is 13.0 Å². The summed E-state index contributed by atoms with van der Waals surface area (Å²) in [5, 5.41) is 0. The number of anilines is 1. The lowest BCUT2D eigenvalue weighted by molar-refractivity contribution is -0.116. The molecule has 0 radical (unpaired) electrons. The Bertz CT molecular complexity index is 1120. The number of H-pyrrole nitrogens is 1. The van der Waals surface area contributed by atoms with E-state index in [1.165, 1.54) is 16.8 Å². The van der Waals surface area contributed by atoms with Gasteiger partial charge in [0.1, 0.15) is 23.9 Å². The largest absolute Gasteiger partial charge is 0.489 e. The van der Waals surface area contributed by atoms with Gasteiger partial charge in [-0.05, 0) is 23.8 Å². The fraction of sp³-hybridized carbons (Fsp3) is 0.190. The molecule has 4 rings (SSSR count). The van der Waals surface area contributed by atoms with Crippen molar-refractivity contribution < 1.29 is 9.53 Å². The van der Waals surface area contributed by atoms with E-state index in [0.717, 1.165) is 5.56 Å². The van der Waals surface area contributed by atoms with E-state index in [4.69, 9.17) is 4.74 Å². The summed E-state index contributed by atoms with van der Waals surface area (Å²) in [5.74, 6) is 1.16. The number of carbonyl (C=O) groups excluding carboxylic acids is 1. The molecule has 0 aliphatic carbocycles. The molecule has 2 aromatic heterocycles. The van der Waals surface area contributed by atoms with Gasteiger partial charge in [0.15, 0.2) is 5.78 Å². The van der Waals surface area contributed by atoms with E-state index in [2.05, 4.69) is 4.98 Å². The maximum absolute atomic E-state index is 12.5. The number of hydrogen-bond donors (Lipinski definition) is 1. The van der Waals surface area contributed by atoms with Gasteiger partial charge in [-0.3, -0.25) is 19.0 Å². The number of ether oxygens (including phenoxy) is 1. The van der Waals surface area contributed by atoms with Crippen LogP contribution in [0.15, 0.2) is 70.4 Å². The van der Waals surface area contributed by atoms with Gasteiger partial charge in [0.25, 0.3) is 11.1 Å². The monoisotopic (exact) mass is 377 g/mol. The Balaban J connectivity index is 1.53. The molecule has 3 heterocycles. The lowest BCUT2D eigenvalue weighted by Crippen LogP contribution is -2.27. The molecule has 3 aromatic rings. The van der Waals surface area contributed by atoms with E-state index in [9.17, 15) is 14.4 Å². The van der Waals surface area contributed by atoms with E-state index < -0.39 is 5.56 Å². The molecule has 142 valence electrons. The summed E-state index contributed by atoms with van der Waals surface area (Å²) in [6, 6.07) is 16.0. The van der Waals surface area contributed by atoms with Gasteiger partial charge in [0.2, 0.25) is 0 Å². The van der Waals surface area contributed by atoms with Crippen molar-refractivity contribution in [1.29, 1.82) is 0 Å². The predicted molar refractivity (Wildman–Crippen MR) is 105 cm³/mol. The number of rotatable bonds is 5. The van der Waals surface area contributed by atoms with Crippen LogP contribution in [0.3, 0.4) is 0 Å². The Kier molecular flexibility index (Phi) is 4.80. The number of nitrogens with one attached hydrogen (secondary N) is 1. The number of aromatic amines is 1. The normalized spacial score (nSPS) is 13.7. The molecule has 0 saturated carbocycles. The average Bonchev–Trinajstić information content (AvgIpc) is 3.14. The molecule has 0 amide bonds. The fourth-order valence-electron chi connectivity index (χ4n) is 3.16. The molecule has 1 fully saturated rings. The van der Waals surface area contributed by atoms with Crippen LogP contribution in [0.4, 0.5) is 5.82 Å². The Morgan fingerprint density at radius 3 is 2.50 bits per heavy atom. The summed E-state index contributed by atoms with van der Waals surface area (Å²) >= 11 is 0. The molecular formula is C21H19N3O4. The number of pyridine rings is 2. The van der Waals surface area contributed by atoms with Crippen LogP contribution in [-0.2, 0) is 11.4 Å². The molecule has 7 nitrogen and oxygen atoms in total. The minimum absolute atomic E-state index is 0.146. The Labute approximate surface area is 160 Å². The first-order valence-electron chi connectivity index (χ1n) is 9.00. The molecule has 1 aliphatic heterocycles. The summed E-state index contributed by atoms with van der Waals surface area (Å²) < 4.78 is 6.92. The number of aromatic nitrogens is 2. The van der Waals surface area contributed by atoms with E-state index in [1.54, 1.807) is 18.2 Å². The van der Waals surface area contributed by atoms with Crippen LogP contribution in [-0.4, -0.2) is 28.4 Å². The standard InChI is InChI=1S/C21H19N3O4/c25-16-8-10-23(13-16)19-7-6-18(21(27)22-19)24-11-9-17(12-20(24)26)28-14-15-4-2-1-3-5-15/h1-7,9,11-12H,8,10,13-14H2,(H,22,27). The lowest BCUT2D eigenvalue weighted by Gasteiger charge is -2.16. The summed E-state index contributed by atoms with van der Waals surface area (Å²) in [6.45, 7) is 1.23. The average molecular weight is 377 g/mol. The fourth-order valence-corrected chi connectivity index (χ4v) is 3.16. The van der Waals surface area contributed by atoms with Crippen LogP contribution in [0.2, 0.25) is 0 Å². The van der Waals surface area contributed by atoms with Crippen LogP contribution >= 0.6 is 0 Å². The molecule has 7 heteroatoms. The number of ketones is 1. The Morgan fingerprint density at radius 2 is 1.82 bits per heavy atom. The molecule has 1 N–H and O–H groups in total. The van der Waals surface area contributed by atoms with Crippen molar-refractivity contribution >= 4 is 11.6 Å². The third-order valence-corrected chi connectivity index (χ3v) is 4.64. The smallest absolute Gasteiger partial charge is 0.273 e. The van der Waals surface area contributed by atoms with Gasteiger partial charge in [-0.1, -0.05) is 30.3 Å². The first kappa shape index (κ1) is 17.8. The third kappa shape index (κ3) is 3.73. The molecule has 0 spiro atoms. The van der Waals surface area contributed by atoms with Gasteiger partial charge >= 0.3 is 0 Å². The maximum Gasteiger partial charge on any atom is 0.273 e. The van der Waals surface area contributed by atoms with E-state index in [0.29, 0.717) is 37.7 Å². The first-order chi connectivity index (χ1) is 13.6. The van der Waals surface area contributed by atoms with E-state index in [-0.39, 0.29) is 17.0 Å². The molecule has 1 aliphatic rings. The zero-order valence-electron chi connectivity index (χ0n) is 15.1. The van der Waals surface area contributed by atoms with Crippen molar-refractivity contribution in [3.63, 3.8) is 0 Å². The number of Topliss-reactive ketones (excluding diaryl/α,β-unsaturated/α-hetero) is 1. The number of nitrogens with zero attached hydrogens (tertiary/aromatic N) is 2. The molecular weight excluding hydrogens is 358 g/mol. The van der Waals surface area contributed by atoms with Gasteiger partial charge < -0.3 is 14.6 Å². The van der Waals surface area contributed by atoms with E-state index in [1.807, 2.05) is 35.2 Å². The minimum atomic E-state index is -0.392. The van der Waals surface area contributed by atoms with Gasteiger partial charge in [0.05, 0.1) is 6.54 Å². The summed E-state index contributed by atoms with van der Waals surface area (Å²) in [4.78, 5) is 40.9. The maximum atomic E-state index is 12.5. The van der Waals surface area contributed by atoms with Gasteiger partial charge in [-0.25, -0.2) is 0 Å². The zero-order valence-corrected chi connectivity index (χ0v) is 15.1. The highest BCUT2D eigenvalue weighted by atomic mass is 16.5. The summed E-state index contributed by atoms with van der Waals surface area (Å²) in [6.07, 6.45) is 2.00. The number of benzene rings is 1. The second kappa shape index (κ2) is 7.56. The van der Waals surface area contributed by atoms with Crippen LogP contribution in [0.5, 0.6) is 5.75 Å². The van der Waals surface area contributed by atoms with Crippen LogP contribution in [0, 0.1) is 0 Å².